The van der Waals surface area contributed by atoms with E-state index in [9.17, 15) is 4.79 Å². The van der Waals surface area contributed by atoms with Crippen LogP contribution in [0.25, 0.3) is 0 Å². The number of rotatable bonds is 5. The number of carboxylic acid groups (broad SMARTS) is 1. The Morgan fingerprint density at radius 3 is 2.84 bits per heavy atom. The predicted molar refractivity (Wildman–Crippen MR) is 78.9 cm³/mol. The highest BCUT2D eigenvalue weighted by atomic mass is 32.2. The number of benzene rings is 1. The van der Waals surface area contributed by atoms with Crippen LogP contribution in [0.5, 0.6) is 0 Å². The quantitative estimate of drug-likeness (QED) is 0.854. The van der Waals surface area contributed by atoms with Crippen LogP contribution < -0.4 is 0 Å². The number of aryl methyl sites for hydroxylation is 2. The predicted octanol–water partition coefficient (Wildman–Crippen LogP) is 3.68. The minimum absolute atomic E-state index is 0.000694. The van der Waals surface area contributed by atoms with Crippen LogP contribution >= 0.6 is 23.1 Å². The van der Waals surface area contributed by atoms with E-state index in [0.29, 0.717) is 5.69 Å². The zero-order valence-electron chi connectivity index (χ0n) is 10.8. The second-order valence-electron chi connectivity index (χ2n) is 4.38. The van der Waals surface area contributed by atoms with E-state index in [4.69, 9.17) is 5.11 Å². The van der Waals surface area contributed by atoms with Crippen molar-refractivity contribution >= 4 is 29.1 Å². The van der Waals surface area contributed by atoms with Gasteiger partial charge in [0.1, 0.15) is 4.34 Å². The lowest BCUT2D eigenvalue weighted by Crippen LogP contribution is -1.99. The van der Waals surface area contributed by atoms with Gasteiger partial charge in [-0.05, 0) is 30.5 Å². The Bertz CT molecular complexity index is 593. The molecule has 0 atom stereocenters. The van der Waals surface area contributed by atoms with Crippen molar-refractivity contribution in [2.75, 3.05) is 0 Å². The van der Waals surface area contributed by atoms with Crippen LogP contribution in [-0.2, 0) is 17.0 Å². The smallest absolute Gasteiger partial charge is 0.309 e. The van der Waals surface area contributed by atoms with Gasteiger partial charge in [0.2, 0.25) is 0 Å². The third-order valence-corrected chi connectivity index (χ3v) is 4.94. The highest BCUT2D eigenvalue weighted by Gasteiger charge is 2.07. The molecule has 2 rings (SSSR count). The fourth-order valence-corrected chi connectivity index (χ4v) is 3.42. The van der Waals surface area contributed by atoms with E-state index in [1.165, 1.54) is 28.0 Å². The number of thioether (sulfide) groups is 1. The van der Waals surface area contributed by atoms with Crippen LogP contribution in [-0.4, -0.2) is 16.1 Å². The van der Waals surface area contributed by atoms with Crippen LogP contribution in [0.15, 0.2) is 27.9 Å². The third-order valence-electron chi connectivity index (χ3n) is 2.80. The van der Waals surface area contributed by atoms with Crippen molar-refractivity contribution in [1.82, 2.24) is 4.98 Å². The van der Waals surface area contributed by atoms with E-state index in [2.05, 4.69) is 37.0 Å². The van der Waals surface area contributed by atoms with Gasteiger partial charge in [0.05, 0.1) is 12.1 Å². The number of hydrogen-bond donors (Lipinski definition) is 1. The summed E-state index contributed by atoms with van der Waals surface area (Å²) < 4.78 is 0.925. The first kappa shape index (κ1) is 14.1. The Labute approximate surface area is 120 Å². The van der Waals surface area contributed by atoms with Crippen molar-refractivity contribution < 1.29 is 9.90 Å². The van der Waals surface area contributed by atoms with E-state index in [-0.39, 0.29) is 6.42 Å². The van der Waals surface area contributed by atoms with E-state index >= 15 is 0 Å². The van der Waals surface area contributed by atoms with Crippen molar-refractivity contribution in [2.45, 2.75) is 30.4 Å². The molecule has 0 bridgehead atoms. The normalized spacial score (nSPS) is 10.6. The molecule has 0 aliphatic rings. The molecule has 0 aliphatic heterocycles. The molecule has 1 aromatic carbocycles. The first-order valence-electron chi connectivity index (χ1n) is 5.89. The summed E-state index contributed by atoms with van der Waals surface area (Å²) in [6.45, 7) is 4.21. The van der Waals surface area contributed by atoms with Crippen LogP contribution in [0.4, 0.5) is 0 Å². The number of carboxylic acids is 1. The van der Waals surface area contributed by atoms with E-state index in [1.807, 2.05) is 5.38 Å². The molecule has 5 heteroatoms. The van der Waals surface area contributed by atoms with Crippen molar-refractivity contribution in [3.8, 4) is 0 Å². The molecule has 1 aromatic heterocycles. The lowest BCUT2D eigenvalue weighted by atomic mass is 10.1. The molecular formula is C14H15NO2S2. The molecule has 0 aliphatic carbocycles. The summed E-state index contributed by atoms with van der Waals surface area (Å²) in [5.41, 5.74) is 4.50. The minimum Gasteiger partial charge on any atom is -0.481 e. The summed E-state index contributed by atoms with van der Waals surface area (Å²) in [6, 6.07) is 6.44. The molecule has 0 radical (unpaired) electrons. The highest BCUT2D eigenvalue weighted by Crippen LogP contribution is 2.27. The number of carbonyl (C=O) groups is 1. The fourth-order valence-electron chi connectivity index (χ4n) is 1.63. The molecule has 1 N–H and O–H groups in total. The summed E-state index contributed by atoms with van der Waals surface area (Å²) in [4.78, 5) is 14.9. The Morgan fingerprint density at radius 1 is 1.37 bits per heavy atom. The fraction of sp³-hybridized carbons (Fsp3) is 0.286. The lowest BCUT2D eigenvalue weighted by Gasteiger charge is -2.03. The number of hydrogen-bond acceptors (Lipinski definition) is 4. The summed E-state index contributed by atoms with van der Waals surface area (Å²) in [7, 11) is 0. The Kier molecular flexibility index (Phi) is 4.61. The molecule has 0 spiro atoms. The van der Waals surface area contributed by atoms with E-state index < -0.39 is 5.97 Å². The Balaban J connectivity index is 1.96. The Hall–Kier alpha value is -1.33. The van der Waals surface area contributed by atoms with Crippen molar-refractivity contribution in [3.63, 3.8) is 0 Å². The maximum Gasteiger partial charge on any atom is 0.309 e. The van der Waals surface area contributed by atoms with E-state index in [1.54, 1.807) is 11.8 Å². The highest BCUT2D eigenvalue weighted by molar-refractivity contribution is 8.00. The minimum atomic E-state index is -0.837. The second kappa shape index (κ2) is 6.21. The maximum atomic E-state index is 10.6. The molecule has 0 fully saturated rings. The van der Waals surface area contributed by atoms with Crippen LogP contribution in [0, 0.1) is 13.8 Å². The van der Waals surface area contributed by atoms with Crippen molar-refractivity contribution in [2.24, 2.45) is 0 Å². The van der Waals surface area contributed by atoms with Crippen molar-refractivity contribution in [1.29, 1.82) is 0 Å². The average molecular weight is 293 g/mol. The van der Waals surface area contributed by atoms with Crippen LogP contribution in [0.1, 0.15) is 22.4 Å². The third kappa shape index (κ3) is 4.08. The van der Waals surface area contributed by atoms with Crippen LogP contribution in [0.3, 0.4) is 0 Å². The number of aromatic nitrogens is 1. The van der Waals surface area contributed by atoms with Gasteiger partial charge in [-0.2, -0.15) is 0 Å². The number of aliphatic carboxylic acids is 1. The molecule has 0 saturated heterocycles. The molecule has 0 unspecified atom stereocenters. The molecule has 19 heavy (non-hydrogen) atoms. The summed E-state index contributed by atoms with van der Waals surface area (Å²) in [5, 5.41) is 10.5. The first-order chi connectivity index (χ1) is 9.04. The van der Waals surface area contributed by atoms with Gasteiger partial charge in [-0.1, -0.05) is 30.0 Å². The van der Waals surface area contributed by atoms with Gasteiger partial charge < -0.3 is 5.11 Å². The van der Waals surface area contributed by atoms with Gasteiger partial charge in [-0.3, -0.25) is 4.79 Å². The largest absolute Gasteiger partial charge is 0.481 e. The number of thiazole rings is 1. The molecule has 0 saturated carbocycles. The summed E-state index contributed by atoms with van der Waals surface area (Å²) in [5.74, 6) is 0.0252. The topological polar surface area (TPSA) is 50.2 Å². The second-order valence-corrected chi connectivity index (χ2v) is 6.46. The molecule has 100 valence electrons. The summed E-state index contributed by atoms with van der Waals surface area (Å²) in [6.07, 6.45) is 0.000694. The molecule has 2 aromatic rings. The lowest BCUT2D eigenvalue weighted by molar-refractivity contribution is -0.136. The zero-order valence-corrected chi connectivity index (χ0v) is 12.5. The molecule has 3 nitrogen and oxygen atoms in total. The zero-order chi connectivity index (χ0) is 13.8. The molecule has 0 amide bonds. The standard InChI is InChI=1S/C14H15NO2S2/c1-9-3-4-11(5-10(9)2)7-18-14-15-12(8-19-14)6-13(16)17/h3-5,8H,6-7H2,1-2H3,(H,16,17). The van der Waals surface area contributed by atoms with E-state index in [0.717, 1.165) is 10.1 Å². The first-order valence-corrected chi connectivity index (χ1v) is 7.76. The van der Waals surface area contributed by atoms with Gasteiger partial charge in [-0.15, -0.1) is 11.3 Å². The SMILES string of the molecule is Cc1ccc(CSc2nc(CC(=O)O)cs2)cc1C. The number of nitrogens with zero attached hydrogens (tertiary/aromatic N) is 1. The average Bonchev–Trinajstić information content (AvgIpc) is 2.77. The molecule has 1 heterocycles. The van der Waals surface area contributed by atoms with Gasteiger partial charge in [0.25, 0.3) is 0 Å². The maximum absolute atomic E-state index is 10.6. The Morgan fingerprint density at radius 2 is 2.16 bits per heavy atom. The van der Waals surface area contributed by atoms with Gasteiger partial charge in [0, 0.05) is 11.1 Å². The summed E-state index contributed by atoms with van der Waals surface area (Å²) >= 11 is 3.16. The van der Waals surface area contributed by atoms with Crippen LogP contribution in [0.2, 0.25) is 0 Å². The monoisotopic (exact) mass is 293 g/mol. The van der Waals surface area contributed by atoms with Gasteiger partial charge >= 0.3 is 5.97 Å². The van der Waals surface area contributed by atoms with Crippen molar-refractivity contribution in [3.05, 3.63) is 46.0 Å². The molecular weight excluding hydrogens is 278 g/mol. The van der Waals surface area contributed by atoms with Gasteiger partial charge in [0.15, 0.2) is 0 Å². The van der Waals surface area contributed by atoms with Gasteiger partial charge in [-0.25, -0.2) is 4.98 Å².